The van der Waals surface area contributed by atoms with Gasteiger partial charge in [0.25, 0.3) is 0 Å². The minimum absolute atomic E-state index is 0.0207. The molecule has 0 saturated carbocycles. The second-order valence-corrected chi connectivity index (χ2v) is 8.06. The van der Waals surface area contributed by atoms with Crippen LogP contribution in [0.25, 0.3) is 21.6 Å². The molecule has 0 aliphatic rings. The molecule has 0 aliphatic carbocycles. The summed E-state index contributed by atoms with van der Waals surface area (Å²) in [6.45, 7) is 4.95. The van der Waals surface area contributed by atoms with Crippen LogP contribution in [0, 0.1) is 12.7 Å². The Labute approximate surface area is 192 Å². The Morgan fingerprint density at radius 2 is 2.12 bits per heavy atom. The highest BCUT2D eigenvalue weighted by molar-refractivity contribution is 7.17. The lowest BCUT2D eigenvalue weighted by atomic mass is 10.2. The molecule has 3 heterocycles. The summed E-state index contributed by atoms with van der Waals surface area (Å²) in [5.74, 6) is -0.181. The van der Waals surface area contributed by atoms with Crippen LogP contribution in [0.1, 0.15) is 22.3 Å². The van der Waals surface area contributed by atoms with E-state index in [0.29, 0.717) is 47.5 Å². The highest BCUT2D eigenvalue weighted by Crippen LogP contribution is 2.33. The van der Waals surface area contributed by atoms with Gasteiger partial charge in [-0.2, -0.15) is 4.98 Å². The normalized spacial score (nSPS) is 11.0. The Kier molecular flexibility index (Phi) is 6.40. The Hall–Kier alpha value is -3.73. The third-order valence-corrected chi connectivity index (χ3v) is 6.04. The van der Waals surface area contributed by atoms with Crippen molar-refractivity contribution in [2.45, 2.75) is 20.4 Å². The number of nitrogens with one attached hydrogen (secondary N) is 1. The predicted molar refractivity (Wildman–Crippen MR) is 123 cm³/mol. The molecular weight excluding hydrogens is 449 g/mol. The fraction of sp³-hybridized carbons (Fsp3) is 0.273. The van der Waals surface area contributed by atoms with Crippen LogP contribution >= 0.6 is 11.3 Å². The van der Waals surface area contributed by atoms with E-state index in [9.17, 15) is 14.3 Å². The van der Waals surface area contributed by atoms with Crippen molar-refractivity contribution in [1.82, 2.24) is 19.5 Å². The Morgan fingerprint density at radius 3 is 2.85 bits per heavy atom. The number of nitrogens with zero attached hydrogens (tertiary/aromatic N) is 4. The third kappa shape index (κ3) is 4.44. The average molecular weight is 472 g/mol. The molecule has 0 saturated heterocycles. The van der Waals surface area contributed by atoms with Crippen molar-refractivity contribution in [2.75, 3.05) is 25.6 Å². The monoisotopic (exact) mass is 471 g/mol. The van der Waals surface area contributed by atoms with Gasteiger partial charge in [-0.05, 0) is 32.0 Å². The van der Waals surface area contributed by atoms with Gasteiger partial charge in [0.05, 0.1) is 19.2 Å². The van der Waals surface area contributed by atoms with Gasteiger partial charge in [-0.3, -0.25) is 0 Å². The van der Waals surface area contributed by atoms with Gasteiger partial charge in [0, 0.05) is 30.2 Å². The van der Waals surface area contributed by atoms with E-state index in [2.05, 4.69) is 20.3 Å². The minimum Gasteiger partial charge on any atom is -0.496 e. The van der Waals surface area contributed by atoms with Crippen LogP contribution in [0.4, 0.5) is 10.2 Å². The van der Waals surface area contributed by atoms with Crippen molar-refractivity contribution in [3.8, 4) is 22.3 Å². The third-order valence-electron chi connectivity index (χ3n) is 5.00. The fourth-order valence-electron chi connectivity index (χ4n) is 3.56. The van der Waals surface area contributed by atoms with Gasteiger partial charge in [0.2, 0.25) is 5.88 Å². The van der Waals surface area contributed by atoms with Gasteiger partial charge >= 0.3 is 5.97 Å². The van der Waals surface area contributed by atoms with Crippen LogP contribution in [0.2, 0.25) is 0 Å². The zero-order chi connectivity index (χ0) is 23.5. The molecule has 172 valence electrons. The number of aromatic carboxylic acids is 1. The number of hydrogen-bond acceptors (Lipinski definition) is 8. The number of carbonyl (C=O) groups is 1. The van der Waals surface area contributed by atoms with E-state index in [1.165, 1.54) is 12.4 Å². The molecule has 0 aliphatic heterocycles. The number of benzene rings is 1. The first-order valence-corrected chi connectivity index (χ1v) is 11.0. The van der Waals surface area contributed by atoms with Gasteiger partial charge < -0.3 is 24.5 Å². The second-order valence-electron chi connectivity index (χ2n) is 7.06. The lowest BCUT2D eigenvalue weighted by Crippen LogP contribution is -2.13. The first-order chi connectivity index (χ1) is 15.9. The lowest BCUT2D eigenvalue weighted by Gasteiger charge is -2.11. The van der Waals surface area contributed by atoms with Gasteiger partial charge in [-0.15, -0.1) is 11.3 Å². The standard InChI is InChI=1S/C22H22FN5O4S/c1-4-32-20-19(22(29)30)33-21(27-20)15-10-17(26-11-25-15)24-7-8-28-12(2)9-13-16(31-3)6-5-14(23)18(13)28/h5-6,9-11H,4,7-8H2,1-3H3,(H,29,30)(H,24,25,26). The number of ether oxygens (including phenoxy) is 2. The van der Waals surface area contributed by atoms with E-state index in [-0.39, 0.29) is 16.6 Å². The molecule has 0 atom stereocenters. The molecule has 0 radical (unpaired) electrons. The molecular formula is C22H22FN5O4S. The fourth-order valence-corrected chi connectivity index (χ4v) is 4.38. The molecule has 2 N–H and O–H groups in total. The van der Waals surface area contributed by atoms with Crippen LogP contribution in [0.15, 0.2) is 30.6 Å². The number of carboxylic acids is 1. The number of methoxy groups -OCH3 is 1. The maximum absolute atomic E-state index is 14.5. The van der Waals surface area contributed by atoms with Crippen molar-refractivity contribution < 1.29 is 23.8 Å². The molecule has 9 nitrogen and oxygen atoms in total. The van der Waals surface area contributed by atoms with E-state index in [1.807, 2.05) is 17.6 Å². The van der Waals surface area contributed by atoms with Crippen LogP contribution in [-0.2, 0) is 6.54 Å². The van der Waals surface area contributed by atoms with Crippen molar-refractivity contribution in [3.63, 3.8) is 0 Å². The first kappa shape index (κ1) is 22.5. The van der Waals surface area contributed by atoms with E-state index < -0.39 is 5.97 Å². The molecule has 3 aromatic heterocycles. The lowest BCUT2D eigenvalue weighted by molar-refractivity contribution is 0.0697. The minimum atomic E-state index is -1.10. The smallest absolute Gasteiger partial charge is 0.351 e. The maximum Gasteiger partial charge on any atom is 0.351 e. The summed E-state index contributed by atoms with van der Waals surface area (Å²) in [6, 6.07) is 6.60. The molecule has 0 unspecified atom stereocenters. The molecule has 0 fully saturated rings. The Balaban J connectivity index is 1.53. The Bertz CT molecular complexity index is 1320. The molecule has 0 spiro atoms. The SMILES string of the molecule is CCOc1nc(-c2cc(NCCn3c(C)cc4c(OC)ccc(F)c43)ncn2)sc1C(=O)O. The van der Waals surface area contributed by atoms with Crippen LogP contribution < -0.4 is 14.8 Å². The van der Waals surface area contributed by atoms with Crippen molar-refractivity contribution in [1.29, 1.82) is 0 Å². The van der Waals surface area contributed by atoms with Crippen molar-refractivity contribution in [3.05, 3.63) is 47.0 Å². The highest BCUT2D eigenvalue weighted by Gasteiger charge is 2.20. The van der Waals surface area contributed by atoms with Gasteiger partial charge in [0.15, 0.2) is 4.88 Å². The number of aryl methyl sites for hydroxylation is 1. The van der Waals surface area contributed by atoms with Gasteiger partial charge in [-0.25, -0.2) is 19.2 Å². The van der Waals surface area contributed by atoms with Crippen LogP contribution in [0.3, 0.4) is 0 Å². The summed E-state index contributed by atoms with van der Waals surface area (Å²) in [5.41, 5.74) is 1.87. The van der Waals surface area contributed by atoms with Crippen LogP contribution in [-0.4, -0.2) is 50.9 Å². The molecule has 4 rings (SSSR count). The molecule has 0 amide bonds. The largest absolute Gasteiger partial charge is 0.496 e. The summed E-state index contributed by atoms with van der Waals surface area (Å²) in [7, 11) is 1.56. The Morgan fingerprint density at radius 1 is 1.30 bits per heavy atom. The van der Waals surface area contributed by atoms with E-state index in [1.54, 1.807) is 26.2 Å². The number of carboxylic acid groups (broad SMARTS) is 1. The number of thiazole rings is 1. The number of anilines is 1. The molecule has 1 aromatic carbocycles. The predicted octanol–water partition coefficient (Wildman–Crippen LogP) is 4.22. The summed E-state index contributed by atoms with van der Waals surface area (Å²) in [6.07, 6.45) is 1.38. The number of fused-ring (bicyclic) bond motifs is 1. The van der Waals surface area contributed by atoms with Gasteiger partial charge in [0.1, 0.15) is 34.4 Å². The number of hydrogen-bond donors (Lipinski definition) is 2. The van der Waals surface area contributed by atoms with Crippen molar-refractivity contribution >= 4 is 34.0 Å². The molecule has 11 heteroatoms. The number of aromatic nitrogens is 4. The zero-order valence-electron chi connectivity index (χ0n) is 18.3. The average Bonchev–Trinajstić information content (AvgIpc) is 3.37. The maximum atomic E-state index is 14.5. The first-order valence-electron chi connectivity index (χ1n) is 10.2. The summed E-state index contributed by atoms with van der Waals surface area (Å²) in [5, 5.41) is 13.7. The number of rotatable bonds is 9. The summed E-state index contributed by atoms with van der Waals surface area (Å²) < 4.78 is 27.1. The molecule has 4 aromatic rings. The zero-order valence-corrected chi connectivity index (χ0v) is 19.1. The quantitative estimate of drug-likeness (QED) is 0.373. The summed E-state index contributed by atoms with van der Waals surface area (Å²) in [4.78, 5) is 24.2. The van der Waals surface area contributed by atoms with Gasteiger partial charge in [-0.1, -0.05) is 0 Å². The highest BCUT2D eigenvalue weighted by atomic mass is 32.1. The summed E-state index contributed by atoms with van der Waals surface area (Å²) >= 11 is 0.988. The number of halogens is 1. The van der Waals surface area contributed by atoms with E-state index in [4.69, 9.17) is 9.47 Å². The van der Waals surface area contributed by atoms with E-state index >= 15 is 0 Å². The molecule has 33 heavy (non-hydrogen) atoms. The topological polar surface area (TPSA) is 111 Å². The second kappa shape index (κ2) is 9.41. The van der Waals surface area contributed by atoms with Crippen LogP contribution in [0.5, 0.6) is 11.6 Å². The van der Waals surface area contributed by atoms with Crippen molar-refractivity contribution in [2.24, 2.45) is 0 Å². The molecule has 0 bridgehead atoms. The van der Waals surface area contributed by atoms with E-state index in [0.717, 1.165) is 22.4 Å².